The summed E-state index contributed by atoms with van der Waals surface area (Å²) >= 11 is 5.88. The molecule has 2 rings (SSSR count). The van der Waals surface area contributed by atoms with Crippen LogP contribution in [-0.2, 0) is 9.59 Å². The van der Waals surface area contributed by atoms with E-state index in [4.69, 9.17) is 11.6 Å². The van der Waals surface area contributed by atoms with E-state index in [0.717, 1.165) is 0 Å². The van der Waals surface area contributed by atoms with Crippen molar-refractivity contribution in [2.75, 3.05) is 31.5 Å². The number of phenols is 1. The van der Waals surface area contributed by atoms with E-state index in [1.165, 1.54) is 12.1 Å². The van der Waals surface area contributed by atoms with Gasteiger partial charge in [-0.1, -0.05) is 17.7 Å². The minimum absolute atomic E-state index is 0.0101. The van der Waals surface area contributed by atoms with Crippen molar-refractivity contribution >= 4 is 29.1 Å². The van der Waals surface area contributed by atoms with Crippen molar-refractivity contribution in [1.82, 2.24) is 10.2 Å². The number of hydrogen-bond donors (Lipinski definition) is 3. The standard InChI is InChI=1S/C17H22ClN3O3/c1-2-7-19-16(23)11-21-8-5-12(6-9-21)17(24)20-14-10-13(18)3-4-15(14)22/h2-4,10,12,22H,1,5-9,11H2,(H,19,23)(H,20,24). The number of nitrogens with one attached hydrogen (secondary N) is 2. The number of benzene rings is 1. The zero-order valence-electron chi connectivity index (χ0n) is 13.4. The van der Waals surface area contributed by atoms with Gasteiger partial charge < -0.3 is 15.7 Å². The molecule has 1 saturated heterocycles. The number of rotatable bonds is 6. The van der Waals surface area contributed by atoms with Crippen LogP contribution in [0.1, 0.15) is 12.8 Å². The smallest absolute Gasteiger partial charge is 0.234 e. The Labute approximate surface area is 146 Å². The van der Waals surface area contributed by atoms with Gasteiger partial charge in [-0.05, 0) is 44.1 Å². The Balaban J connectivity index is 1.81. The van der Waals surface area contributed by atoms with E-state index in [0.29, 0.717) is 49.7 Å². The molecule has 3 N–H and O–H groups in total. The number of piperidine rings is 1. The average Bonchev–Trinajstić information content (AvgIpc) is 2.57. The van der Waals surface area contributed by atoms with Crippen LogP contribution >= 0.6 is 11.6 Å². The van der Waals surface area contributed by atoms with E-state index in [-0.39, 0.29) is 23.5 Å². The maximum absolute atomic E-state index is 12.3. The van der Waals surface area contributed by atoms with Crippen LogP contribution in [0.15, 0.2) is 30.9 Å². The van der Waals surface area contributed by atoms with Gasteiger partial charge in [-0.25, -0.2) is 0 Å². The van der Waals surface area contributed by atoms with E-state index >= 15 is 0 Å². The number of phenolic OH excluding ortho intramolecular Hbond substituents is 1. The third kappa shape index (κ3) is 5.25. The molecule has 0 spiro atoms. The summed E-state index contributed by atoms with van der Waals surface area (Å²) < 4.78 is 0. The molecule has 1 aliphatic rings. The van der Waals surface area contributed by atoms with E-state index in [1.54, 1.807) is 12.1 Å². The molecule has 0 saturated carbocycles. The summed E-state index contributed by atoms with van der Waals surface area (Å²) in [5, 5.41) is 15.7. The quantitative estimate of drug-likeness (QED) is 0.541. The number of amides is 2. The van der Waals surface area contributed by atoms with Crippen molar-refractivity contribution in [2.24, 2.45) is 5.92 Å². The molecule has 0 unspecified atom stereocenters. The molecule has 0 aromatic heterocycles. The van der Waals surface area contributed by atoms with Gasteiger partial charge in [-0.15, -0.1) is 6.58 Å². The van der Waals surface area contributed by atoms with E-state index < -0.39 is 0 Å². The molecule has 1 fully saturated rings. The fraction of sp³-hybridized carbons (Fsp3) is 0.412. The summed E-state index contributed by atoms with van der Waals surface area (Å²) in [5.41, 5.74) is 0.318. The van der Waals surface area contributed by atoms with Crippen molar-refractivity contribution in [2.45, 2.75) is 12.8 Å². The predicted octanol–water partition coefficient (Wildman–Crippen LogP) is 2.00. The highest BCUT2D eigenvalue weighted by Crippen LogP contribution is 2.28. The maximum atomic E-state index is 12.3. The Hall–Kier alpha value is -2.05. The number of hydrogen-bond acceptors (Lipinski definition) is 4. The molecule has 0 atom stereocenters. The molecule has 1 aliphatic heterocycles. The molecule has 24 heavy (non-hydrogen) atoms. The van der Waals surface area contributed by atoms with E-state index in [1.807, 2.05) is 4.90 Å². The molecular weight excluding hydrogens is 330 g/mol. The monoisotopic (exact) mass is 351 g/mol. The Kier molecular flexibility index (Phi) is 6.63. The number of carbonyl (C=O) groups is 2. The number of anilines is 1. The van der Waals surface area contributed by atoms with Gasteiger partial charge in [0.25, 0.3) is 0 Å². The summed E-state index contributed by atoms with van der Waals surface area (Å²) in [6.45, 7) is 5.71. The van der Waals surface area contributed by atoms with Gasteiger partial charge in [0.2, 0.25) is 11.8 Å². The molecule has 2 amide bonds. The molecule has 0 bridgehead atoms. The minimum atomic E-state index is -0.143. The molecule has 0 aliphatic carbocycles. The van der Waals surface area contributed by atoms with Crippen LogP contribution < -0.4 is 10.6 Å². The van der Waals surface area contributed by atoms with Crippen LogP contribution in [0.2, 0.25) is 5.02 Å². The Morgan fingerprint density at radius 3 is 2.75 bits per heavy atom. The first kappa shape index (κ1) is 18.3. The first-order chi connectivity index (χ1) is 11.5. The number of nitrogens with zero attached hydrogens (tertiary/aromatic N) is 1. The topological polar surface area (TPSA) is 81.7 Å². The predicted molar refractivity (Wildman–Crippen MR) is 94.1 cm³/mol. The van der Waals surface area contributed by atoms with Crippen LogP contribution in [-0.4, -0.2) is 48.0 Å². The first-order valence-electron chi connectivity index (χ1n) is 7.89. The maximum Gasteiger partial charge on any atom is 0.234 e. The van der Waals surface area contributed by atoms with E-state index in [2.05, 4.69) is 17.2 Å². The van der Waals surface area contributed by atoms with Crippen molar-refractivity contribution in [3.63, 3.8) is 0 Å². The zero-order valence-corrected chi connectivity index (χ0v) is 14.2. The lowest BCUT2D eigenvalue weighted by Gasteiger charge is -2.30. The van der Waals surface area contributed by atoms with Crippen molar-refractivity contribution in [3.05, 3.63) is 35.9 Å². The Morgan fingerprint density at radius 1 is 1.38 bits per heavy atom. The van der Waals surface area contributed by atoms with E-state index in [9.17, 15) is 14.7 Å². The molecular formula is C17H22ClN3O3. The molecule has 1 aromatic carbocycles. The third-order valence-electron chi connectivity index (χ3n) is 3.99. The molecule has 7 heteroatoms. The SMILES string of the molecule is C=CCNC(=O)CN1CCC(C(=O)Nc2cc(Cl)ccc2O)CC1. The highest BCUT2D eigenvalue weighted by atomic mass is 35.5. The fourth-order valence-corrected chi connectivity index (χ4v) is 2.81. The second-order valence-corrected chi connectivity index (χ2v) is 6.23. The molecule has 1 aromatic rings. The van der Waals surface area contributed by atoms with Crippen molar-refractivity contribution in [1.29, 1.82) is 0 Å². The fourth-order valence-electron chi connectivity index (χ4n) is 2.64. The highest BCUT2D eigenvalue weighted by molar-refractivity contribution is 6.31. The number of carbonyl (C=O) groups excluding carboxylic acids is 2. The number of likely N-dealkylation sites (tertiary alicyclic amines) is 1. The number of halogens is 1. The lowest BCUT2D eigenvalue weighted by atomic mass is 9.95. The summed E-state index contributed by atoms with van der Waals surface area (Å²) in [6.07, 6.45) is 2.98. The molecule has 1 heterocycles. The normalized spacial score (nSPS) is 15.7. The van der Waals surface area contributed by atoms with Gasteiger partial charge in [0.05, 0.1) is 12.2 Å². The lowest BCUT2D eigenvalue weighted by Crippen LogP contribution is -2.43. The van der Waals surface area contributed by atoms with Gasteiger partial charge in [-0.3, -0.25) is 14.5 Å². The minimum Gasteiger partial charge on any atom is -0.506 e. The largest absolute Gasteiger partial charge is 0.506 e. The molecule has 0 radical (unpaired) electrons. The Morgan fingerprint density at radius 2 is 2.08 bits per heavy atom. The van der Waals surface area contributed by atoms with Gasteiger partial charge in [0.1, 0.15) is 5.75 Å². The lowest BCUT2D eigenvalue weighted by molar-refractivity contribution is -0.123. The van der Waals surface area contributed by atoms with Crippen LogP contribution in [0.25, 0.3) is 0 Å². The summed E-state index contributed by atoms with van der Waals surface area (Å²) in [5.74, 6) is -0.329. The Bertz CT molecular complexity index is 613. The van der Waals surface area contributed by atoms with Crippen LogP contribution in [0.4, 0.5) is 5.69 Å². The van der Waals surface area contributed by atoms with Gasteiger partial charge >= 0.3 is 0 Å². The van der Waals surface area contributed by atoms with Gasteiger partial charge in [0.15, 0.2) is 0 Å². The molecule has 130 valence electrons. The zero-order chi connectivity index (χ0) is 17.5. The second kappa shape index (κ2) is 8.70. The van der Waals surface area contributed by atoms with Crippen molar-refractivity contribution < 1.29 is 14.7 Å². The van der Waals surface area contributed by atoms with Crippen LogP contribution in [0.5, 0.6) is 5.75 Å². The average molecular weight is 352 g/mol. The van der Waals surface area contributed by atoms with Crippen LogP contribution in [0, 0.1) is 5.92 Å². The van der Waals surface area contributed by atoms with Gasteiger partial charge in [-0.2, -0.15) is 0 Å². The molecule has 6 nitrogen and oxygen atoms in total. The third-order valence-corrected chi connectivity index (χ3v) is 4.22. The summed E-state index contributed by atoms with van der Waals surface area (Å²) in [4.78, 5) is 26.0. The van der Waals surface area contributed by atoms with Gasteiger partial charge in [0, 0.05) is 17.5 Å². The highest BCUT2D eigenvalue weighted by Gasteiger charge is 2.26. The number of aromatic hydroxyl groups is 1. The first-order valence-corrected chi connectivity index (χ1v) is 8.26. The second-order valence-electron chi connectivity index (χ2n) is 5.79. The summed E-state index contributed by atoms with van der Waals surface area (Å²) in [7, 11) is 0. The van der Waals surface area contributed by atoms with Crippen molar-refractivity contribution in [3.8, 4) is 5.75 Å². The van der Waals surface area contributed by atoms with Crippen LogP contribution in [0.3, 0.4) is 0 Å². The summed E-state index contributed by atoms with van der Waals surface area (Å²) in [6, 6.07) is 4.53.